The maximum Gasteiger partial charge on any atom is 0.343 e. The van der Waals surface area contributed by atoms with Crippen molar-refractivity contribution >= 4 is 33.3 Å². The zero-order chi connectivity index (χ0) is 32.7. The van der Waals surface area contributed by atoms with Gasteiger partial charge in [0.25, 0.3) is 0 Å². The maximum absolute atomic E-state index is 16.0. The molecule has 0 radical (unpaired) electrons. The van der Waals surface area contributed by atoms with Crippen molar-refractivity contribution < 1.29 is 28.1 Å². The fourth-order valence-electron chi connectivity index (χ4n) is 6.69. The molecule has 5 aromatic rings. The topological polar surface area (TPSA) is 91.3 Å². The Balaban J connectivity index is 1.27. The number of carbonyl (C=O) groups is 1. The van der Waals surface area contributed by atoms with Gasteiger partial charge in [0.1, 0.15) is 16.8 Å². The summed E-state index contributed by atoms with van der Waals surface area (Å²) in [5, 5.41) is 5.12. The number of esters is 1. The second-order valence-corrected chi connectivity index (χ2v) is 12.0. The number of ether oxygens (including phenoxy) is 4. The SMILES string of the molecule is COc1ccc(CCNc2c(F)cc3c(=O)c(C(=O)OCCC4CCCN4C)cn4c3c2Oc2cc3ccccc3cc2-4)cc1OC. The Labute approximate surface area is 271 Å². The van der Waals surface area contributed by atoms with E-state index in [9.17, 15) is 9.59 Å². The molecular weight excluding hydrogens is 601 g/mol. The molecular formula is C37H36FN3O6. The minimum atomic E-state index is -0.728. The van der Waals surface area contributed by atoms with Crippen LogP contribution in [-0.2, 0) is 11.2 Å². The van der Waals surface area contributed by atoms with Crippen LogP contribution >= 0.6 is 0 Å². The highest BCUT2D eigenvalue weighted by molar-refractivity contribution is 6.00. The molecule has 242 valence electrons. The molecule has 1 fully saturated rings. The highest BCUT2D eigenvalue weighted by atomic mass is 19.1. The van der Waals surface area contributed by atoms with Crippen LogP contribution in [0, 0.1) is 5.82 Å². The van der Waals surface area contributed by atoms with Gasteiger partial charge in [-0.25, -0.2) is 9.18 Å². The third kappa shape index (κ3) is 5.63. The standard InChI is InChI=1S/C37H36FN3O6/c1-40-15-6-9-25(40)13-16-46-37(43)27-21-41-29-18-23-7-4-5-8-24(23)19-31(29)47-36-33(28(38)20-26(34(36)41)35(27)42)39-14-12-22-10-11-30(44-2)32(17-22)45-3/h4-5,7-8,10-11,17-21,25,39H,6,9,12-16H2,1-3H3. The zero-order valence-electron chi connectivity index (χ0n) is 26.6. The number of halogens is 1. The van der Waals surface area contributed by atoms with Gasteiger partial charge in [0.05, 0.1) is 31.9 Å². The quantitative estimate of drug-likeness (QED) is 0.166. The van der Waals surface area contributed by atoms with E-state index in [1.165, 1.54) is 12.3 Å². The molecule has 4 aromatic carbocycles. The largest absolute Gasteiger partial charge is 0.493 e. The lowest BCUT2D eigenvalue weighted by Gasteiger charge is -2.26. The van der Waals surface area contributed by atoms with Crippen molar-refractivity contribution in [1.29, 1.82) is 0 Å². The molecule has 0 amide bonds. The number of nitrogens with one attached hydrogen (secondary N) is 1. The number of hydrogen-bond acceptors (Lipinski definition) is 8. The number of nitrogens with zero attached hydrogens (tertiary/aromatic N) is 2. The lowest BCUT2D eigenvalue weighted by molar-refractivity contribution is 0.0474. The lowest BCUT2D eigenvalue weighted by atomic mass is 10.0. The first-order valence-corrected chi connectivity index (χ1v) is 15.8. The number of anilines is 1. The van der Waals surface area contributed by atoms with Crippen molar-refractivity contribution in [3.63, 3.8) is 0 Å². The van der Waals surface area contributed by atoms with E-state index >= 15 is 4.39 Å². The van der Waals surface area contributed by atoms with E-state index in [0.717, 1.165) is 35.7 Å². The van der Waals surface area contributed by atoms with Gasteiger partial charge >= 0.3 is 5.97 Å². The first-order valence-electron chi connectivity index (χ1n) is 15.8. The van der Waals surface area contributed by atoms with Gasteiger partial charge in [-0.15, -0.1) is 0 Å². The molecule has 1 unspecified atom stereocenters. The van der Waals surface area contributed by atoms with Crippen LogP contribution in [0.1, 0.15) is 35.2 Å². The van der Waals surface area contributed by atoms with E-state index < -0.39 is 17.2 Å². The molecule has 0 bridgehead atoms. The molecule has 0 saturated carbocycles. The number of methoxy groups -OCH3 is 2. The average Bonchev–Trinajstić information content (AvgIpc) is 3.49. The Hall–Kier alpha value is -5.09. The molecule has 1 aromatic heterocycles. The molecule has 1 N–H and O–H groups in total. The van der Waals surface area contributed by atoms with Crippen molar-refractivity contribution in [2.75, 3.05) is 46.3 Å². The molecule has 0 aliphatic carbocycles. The van der Waals surface area contributed by atoms with Crippen molar-refractivity contribution in [1.82, 2.24) is 9.47 Å². The average molecular weight is 638 g/mol. The Morgan fingerprint density at radius 3 is 2.57 bits per heavy atom. The Morgan fingerprint density at radius 1 is 1.04 bits per heavy atom. The Morgan fingerprint density at radius 2 is 1.83 bits per heavy atom. The van der Waals surface area contributed by atoms with Crippen LogP contribution in [0.4, 0.5) is 10.1 Å². The zero-order valence-corrected chi connectivity index (χ0v) is 26.6. The number of hydrogen-bond donors (Lipinski definition) is 1. The molecule has 7 rings (SSSR count). The Kier molecular flexibility index (Phi) is 8.19. The van der Waals surface area contributed by atoms with Crippen LogP contribution < -0.4 is 25.0 Å². The van der Waals surface area contributed by atoms with Crippen LogP contribution in [0.25, 0.3) is 27.4 Å². The minimum Gasteiger partial charge on any atom is -0.493 e. The number of benzene rings is 4. The molecule has 10 heteroatoms. The summed E-state index contributed by atoms with van der Waals surface area (Å²) in [7, 11) is 5.22. The van der Waals surface area contributed by atoms with Crippen LogP contribution in [0.15, 0.2) is 71.7 Å². The number of likely N-dealkylation sites (tertiary alicyclic amines) is 1. The number of fused-ring (bicyclic) bond motifs is 3. The first-order chi connectivity index (χ1) is 22.9. The highest BCUT2D eigenvalue weighted by Crippen LogP contribution is 2.46. The normalized spacial score (nSPS) is 15.4. The summed E-state index contributed by atoms with van der Waals surface area (Å²) in [5.41, 5.74) is 1.33. The Bertz CT molecular complexity index is 2080. The summed E-state index contributed by atoms with van der Waals surface area (Å²) >= 11 is 0. The lowest BCUT2D eigenvalue weighted by Crippen LogP contribution is -2.27. The number of pyridine rings is 1. The summed E-state index contributed by atoms with van der Waals surface area (Å²) in [6.07, 6.45) is 4.89. The van der Waals surface area contributed by atoms with E-state index in [1.54, 1.807) is 18.8 Å². The number of aromatic nitrogens is 1. The highest BCUT2D eigenvalue weighted by Gasteiger charge is 2.29. The van der Waals surface area contributed by atoms with Crippen LogP contribution in [0.5, 0.6) is 23.0 Å². The molecule has 2 aliphatic heterocycles. The fourth-order valence-corrected chi connectivity index (χ4v) is 6.69. The van der Waals surface area contributed by atoms with E-state index in [-0.39, 0.29) is 29.0 Å². The number of carbonyl (C=O) groups excluding carboxylic acids is 1. The summed E-state index contributed by atoms with van der Waals surface area (Å²) in [5.74, 6) is 0.483. The summed E-state index contributed by atoms with van der Waals surface area (Å²) in [6.45, 7) is 1.58. The molecule has 1 atom stereocenters. The van der Waals surface area contributed by atoms with Crippen molar-refractivity contribution in [3.8, 4) is 28.7 Å². The predicted octanol–water partition coefficient (Wildman–Crippen LogP) is 6.70. The maximum atomic E-state index is 16.0. The number of rotatable bonds is 10. The second-order valence-electron chi connectivity index (χ2n) is 12.0. The molecule has 3 heterocycles. The molecule has 47 heavy (non-hydrogen) atoms. The van der Waals surface area contributed by atoms with Crippen LogP contribution in [-0.4, -0.2) is 62.4 Å². The van der Waals surface area contributed by atoms with E-state index in [1.807, 2.05) is 54.6 Å². The molecule has 1 saturated heterocycles. The van der Waals surface area contributed by atoms with Gasteiger partial charge in [0, 0.05) is 18.8 Å². The van der Waals surface area contributed by atoms with E-state index in [2.05, 4.69) is 17.3 Å². The second kappa shape index (κ2) is 12.6. The third-order valence-electron chi connectivity index (χ3n) is 9.23. The van der Waals surface area contributed by atoms with E-state index in [4.69, 9.17) is 18.9 Å². The summed E-state index contributed by atoms with van der Waals surface area (Å²) in [6, 6.07) is 18.8. The molecule has 0 spiro atoms. The van der Waals surface area contributed by atoms with Gasteiger partial charge in [0.15, 0.2) is 28.8 Å². The third-order valence-corrected chi connectivity index (χ3v) is 9.23. The summed E-state index contributed by atoms with van der Waals surface area (Å²) < 4.78 is 40.5. The van der Waals surface area contributed by atoms with Crippen molar-refractivity contribution in [2.45, 2.75) is 31.7 Å². The van der Waals surface area contributed by atoms with Gasteiger partial charge in [-0.05, 0) is 85.9 Å². The van der Waals surface area contributed by atoms with Crippen LogP contribution in [0.3, 0.4) is 0 Å². The summed E-state index contributed by atoms with van der Waals surface area (Å²) in [4.78, 5) is 29.4. The fraction of sp³-hybridized carbons (Fsp3) is 0.297. The smallest absolute Gasteiger partial charge is 0.343 e. The van der Waals surface area contributed by atoms with Gasteiger partial charge in [-0.1, -0.05) is 30.3 Å². The van der Waals surface area contributed by atoms with Crippen molar-refractivity contribution in [2.24, 2.45) is 0 Å². The molecule has 9 nitrogen and oxygen atoms in total. The van der Waals surface area contributed by atoms with Gasteiger partial charge in [0.2, 0.25) is 5.43 Å². The van der Waals surface area contributed by atoms with E-state index in [0.29, 0.717) is 53.9 Å². The van der Waals surface area contributed by atoms with Gasteiger partial charge in [-0.2, -0.15) is 0 Å². The predicted molar refractivity (Wildman–Crippen MR) is 179 cm³/mol. The first kappa shape index (κ1) is 30.6. The molecule has 2 aliphatic rings. The van der Waals surface area contributed by atoms with Gasteiger partial charge < -0.3 is 33.7 Å². The monoisotopic (exact) mass is 637 g/mol. The van der Waals surface area contributed by atoms with Crippen LogP contribution in [0.2, 0.25) is 0 Å². The minimum absolute atomic E-state index is 0.0340. The van der Waals surface area contributed by atoms with Gasteiger partial charge in [-0.3, -0.25) is 4.79 Å². The van der Waals surface area contributed by atoms with Crippen molar-refractivity contribution in [3.05, 3.63) is 94.0 Å².